The average molecular weight is 323 g/mol. The van der Waals surface area contributed by atoms with E-state index in [1.807, 2.05) is 25.1 Å². The maximum Gasteiger partial charge on any atom is 0.224 e. The first-order valence-corrected chi connectivity index (χ1v) is 7.89. The number of amides is 1. The van der Waals surface area contributed by atoms with Crippen LogP contribution in [-0.4, -0.2) is 35.2 Å². The summed E-state index contributed by atoms with van der Waals surface area (Å²) >= 11 is 7.63. The van der Waals surface area contributed by atoms with Crippen molar-refractivity contribution in [2.75, 3.05) is 18.0 Å². The summed E-state index contributed by atoms with van der Waals surface area (Å²) in [7, 11) is 0. The maximum absolute atomic E-state index is 12.0. The fourth-order valence-electron chi connectivity index (χ4n) is 2.23. The van der Waals surface area contributed by atoms with E-state index in [2.05, 4.69) is 20.4 Å². The maximum atomic E-state index is 12.0. The normalized spacial score (nSPS) is 14.9. The molecule has 1 aliphatic heterocycles. The zero-order valence-corrected chi connectivity index (χ0v) is 13.1. The molecule has 2 aromatic rings. The molecule has 0 spiro atoms. The van der Waals surface area contributed by atoms with E-state index in [-0.39, 0.29) is 11.9 Å². The van der Waals surface area contributed by atoms with Crippen molar-refractivity contribution < 1.29 is 4.79 Å². The Morgan fingerprint density at radius 3 is 2.86 bits per heavy atom. The van der Waals surface area contributed by atoms with E-state index in [1.54, 1.807) is 17.4 Å². The zero-order valence-electron chi connectivity index (χ0n) is 11.5. The second-order valence-corrected chi connectivity index (χ2v) is 6.61. The van der Waals surface area contributed by atoms with Crippen LogP contribution >= 0.6 is 22.9 Å². The van der Waals surface area contributed by atoms with Gasteiger partial charge in [0.05, 0.1) is 12.5 Å². The van der Waals surface area contributed by atoms with E-state index in [9.17, 15) is 4.79 Å². The van der Waals surface area contributed by atoms with E-state index in [4.69, 9.17) is 11.6 Å². The van der Waals surface area contributed by atoms with Gasteiger partial charge in [0.2, 0.25) is 11.0 Å². The lowest BCUT2D eigenvalue weighted by molar-refractivity contribution is -0.121. The number of nitrogens with zero attached hydrogens (tertiary/aromatic N) is 3. The Bertz CT molecular complexity index is 654. The Balaban J connectivity index is 1.48. The molecule has 0 bridgehead atoms. The third-order valence-corrected chi connectivity index (χ3v) is 4.61. The van der Waals surface area contributed by atoms with Crippen LogP contribution in [0.1, 0.15) is 10.6 Å². The van der Waals surface area contributed by atoms with Gasteiger partial charge >= 0.3 is 0 Å². The van der Waals surface area contributed by atoms with Crippen molar-refractivity contribution in [1.29, 1.82) is 0 Å². The molecule has 1 N–H and O–H groups in total. The third-order valence-electron chi connectivity index (χ3n) is 3.34. The highest BCUT2D eigenvalue weighted by molar-refractivity contribution is 7.15. The summed E-state index contributed by atoms with van der Waals surface area (Å²) in [6, 6.07) is 7.59. The number of nitrogens with one attached hydrogen (secondary N) is 1. The summed E-state index contributed by atoms with van der Waals surface area (Å²) in [5.41, 5.74) is 0.854. The molecule has 1 aromatic carbocycles. The predicted molar refractivity (Wildman–Crippen MR) is 83.9 cm³/mol. The molecule has 110 valence electrons. The Morgan fingerprint density at radius 2 is 2.19 bits per heavy atom. The molecule has 1 aromatic heterocycles. The van der Waals surface area contributed by atoms with Crippen LogP contribution in [0, 0.1) is 6.92 Å². The minimum Gasteiger partial charge on any atom is -0.350 e. The van der Waals surface area contributed by atoms with Crippen molar-refractivity contribution in [2.45, 2.75) is 19.4 Å². The van der Waals surface area contributed by atoms with Crippen LogP contribution in [0.15, 0.2) is 24.3 Å². The first kappa shape index (κ1) is 14.3. The van der Waals surface area contributed by atoms with Gasteiger partial charge < -0.3 is 10.2 Å². The van der Waals surface area contributed by atoms with Crippen molar-refractivity contribution in [3.63, 3.8) is 0 Å². The zero-order chi connectivity index (χ0) is 14.8. The molecule has 3 rings (SSSR count). The van der Waals surface area contributed by atoms with E-state index in [1.165, 1.54) is 0 Å². The Morgan fingerprint density at radius 1 is 1.43 bits per heavy atom. The second kappa shape index (κ2) is 5.99. The van der Waals surface area contributed by atoms with Gasteiger partial charge in [0.1, 0.15) is 5.01 Å². The molecular weight excluding hydrogens is 308 g/mol. The number of aromatic nitrogens is 2. The van der Waals surface area contributed by atoms with E-state index in [0.29, 0.717) is 11.4 Å². The van der Waals surface area contributed by atoms with Crippen molar-refractivity contribution in [3.8, 4) is 0 Å². The Kier molecular flexibility index (Phi) is 4.07. The molecule has 21 heavy (non-hydrogen) atoms. The van der Waals surface area contributed by atoms with Gasteiger partial charge in [-0.15, -0.1) is 10.2 Å². The highest BCUT2D eigenvalue weighted by Gasteiger charge is 2.30. The quantitative estimate of drug-likeness (QED) is 0.936. The summed E-state index contributed by atoms with van der Waals surface area (Å²) in [4.78, 5) is 14.1. The van der Waals surface area contributed by atoms with Crippen LogP contribution in [0.3, 0.4) is 0 Å². The summed E-state index contributed by atoms with van der Waals surface area (Å²) in [5.74, 6) is 0.00111. The highest BCUT2D eigenvalue weighted by Crippen LogP contribution is 2.24. The van der Waals surface area contributed by atoms with Crippen molar-refractivity contribution in [1.82, 2.24) is 15.5 Å². The lowest BCUT2D eigenvalue weighted by Gasteiger charge is -2.39. The van der Waals surface area contributed by atoms with Gasteiger partial charge in [-0.25, -0.2) is 0 Å². The monoisotopic (exact) mass is 322 g/mol. The van der Waals surface area contributed by atoms with E-state index < -0.39 is 0 Å². The summed E-state index contributed by atoms with van der Waals surface area (Å²) in [6.45, 7) is 3.50. The van der Waals surface area contributed by atoms with E-state index in [0.717, 1.165) is 28.8 Å². The van der Waals surface area contributed by atoms with Crippen LogP contribution in [0.25, 0.3) is 0 Å². The topological polar surface area (TPSA) is 58.1 Å². The van der Waals surface area contributed by atoms with Gasteiger partial charge in [0.25, 0.3) is 0 Å². The van der Waals surface area contributed by atoms with Gasteiger partial charge in [-0.05, 0) is 18.6 Å². The first-order valence-electron chi connectivity index (χ1n) is 6.69. The van der Waals surface area contributed by atoms with Crippen LogP contribution in [-0.2, 0) is 11.2 Å². The highest BCUT2D eigenvalue weighted by atomic mass is 35.5. The molecule has 1 fully saturated rings. The lowest BCUT2D eigenvalue weighted by Crippen LogP contribution is -2.59. The standard InChI is InChI=1S/C14H15ClN4OS/c1-9-17-18-14(21-9)19-7-11(8-19)16-13(20)6-10-4-2-3-5-12(10)15/h2-5,11H,6-8H2,1H3,(H,16,20). The van der Waals surface area contributed by atoms with Gasteiger partial charge in [0.15, 0.2) is 0 Å². The van der Waals surface area contributed by atoms with Crippen molar-refractivity contribution >= 4 is 34.0 Å². The lowest BCUT2D eigenvalue weighted by atomic mass is 10.1. The molecule has 7 heteroatoms. The van der Waals surface area contributed by atoms with Crippen LogP contribution < -0.4 is 10.2 Å². The number of carbonyl (C=O) groups excluding carboxylic acids is 1. The fourth-order valence-corrected chi connectivity index (χ4v) is 3.14. The number of halogens is 1. The number of anilines is 1. The first-order chi connectivity index (χ1) is 10.1. The SMILES string of the molecule is Cc1nnc(N2CC(NC(=O)Cc3ccccc3Cl)C2)s1. The van der Waals surface area contributed by atoms with E-state index >= 15 is 0 Å². The molecule has 5 nitrogen and oxygen atoms in total. The molecule has 1 aliphatic rings. The molecule has 1 saturated heterocycles. The minimum absolute atomic E-state index is 0.00111. The molecule has 0 aliphatic carbocycles. The van der Waals surface area contributed by atoms with Gasteiger partial charge in [-0.3, -0.25) is 4.79 Å². The number of carbonyl (C=O) groups is 1. The van der Waals surface area contributed by atoms with Gasteiger partial charge in [-0.2, -0.15) is 0 Å². The molecule has 0 unspecified atom stereocenters. The predicted octanol–water partition coefficient (Wildman–Crippen LogP) is 2.05. The number of benzene rings is 1. The smallest absolute Gasteiger partial charge is 0.224 e. The largest absolute Gasteiger partial charge is 0.350 e. The summed E-state index contributed by atoms with van der Waals surface area (Å²) in [5, 5.41) is 13.6. The molecule has 0 radical (unpaired) electrons. The third kappa shape index (κ3) is 3.33. The van der Waals surface area contributed by atoms with Crippen molar-refractivity contribution in [3.05, 3.63) is 39.9 Å². The number of rotatable bonds is 4. The number of hydrogen-bond acceptors (Lipinski definition) is 5. The van der Waals surface area contributed by atoms with Crippen LogP contribution in [0.5, 0.6) is 0 Å². The van der Waals surface area contributed by atoms with Crippen LogP contribution in [0.4, 0.5) is 5.13 Å². The second-order valence-electron chi connectivity index (χ2n) is 5.04. The molecular formula is C14H15ClN4OS. The van der Waals surface area contributed by atoms with Crippen molar-refractivity contribution in [2.24, 2.45) is 0 Å². The minimum atomic E-state index is 0.00111. The number of aryl methyl sites for hydroxylation is 1. The molecule has 0 saturated carbocycles. The Hall–Kier alpha value is -1.66. The molecule has 1 amide bonds. The Labute approximate surface area is 131 Å². The molecule has 2 heterocycles. The van der Waals surface area contributed by atoms with Crippen LogP contribution in [0.2, 0.25) is 5.02 Å². The summed E-state index contributed by atoms with van der Waals surface area (Å²) in [6.07, 6.45) is 0.314. The summed E-state index contributed by atoms with van der Waals surface area (Å²) < 4.78 is 0. The average Bonchev–Trinajstić information content (AvgIpc) is 2.82. The molecule has 0 atom stereocenters. The number of hydrogen-bond donors (Lipinski definition) is 1. The fraction of sp³-hybridized carbons (Fsp3) is 0.357. The van der Waals surface area contributed by atoms with Gasteiger partial charge in [-0.1, -0.05) is 41.1 Å². The van der Waals surface area contributed by atoms with Gasteiger partial charge in [0, 0.05) is 18.1 Å².